The van der Waals surface area contributed by atoms with Crippen LogP contribution in [0.3, 0.4) is 0 Å². The summed E-state index contributed by atoms with van der Waals surface area (Å²) in [4.78, 5) is 9.73. The van der Waals surface area contributed by atoms with Gasteiger partial charge in [0.05, 0.1) is 4.92 Å². The summed E-state index contributed by atoms with van der Waals surface area (Å²) in [5.41, 5.74) is 0.690. The van der Waals surface area contributed by atoms with Crippen molar-refractivity contribution in [3.63, 3.8) is 0 Å². The molecule has 5 nitrogen and oxygen atoms in total. The lowest BCUT2D eigenvalue weighted by atomic mass is 10.3. The summed E-state index contributed by atoms with van der Waals surface area (Å²) < 4.78 is 0. The van der Waals surface area contributed by atoms with Gasteiger partial charge in [-0.25, -0.2) is 0 Å². The number of rotatable bonds is 4. The van der Waals surface area contributed by atoms with Crippen LogP contribution >= 0.6 is 11.8 Å². The van der Waals surface area contributed by atoms with Gasteiger partial charge in [-0.1, -0.05) is 0 Å². The van der Waals surface area contributed by atoms with Gasteiger partial charge in [0, 0.05) is 5.69 Å². The Hall–Kier alpha value is -1.69. The second-order valence-electron chi connectivity index (χ2n) is 2.65. The maximum absolute atomic E-state index is 10.2. The number of nitrogens with one attached hydrogen (secondary N) is 1. The summed E-state index contributed by atoms with van der Waals surface area (Å²) in [5, 5.41) is 22.6. The molecule has 0 aromatic heterocycles. The molecule has 0 radical (unpaired) electrons. The first-order chi connectivity index (χ1) is 7.11. The second kappa shape index (κ2) is 5.26. The summed E-state index contributed by atoms with van der Waals surface area (Å²) >= 11 is 1.24. The Morgan fingerprint density at radius 2 is 2.13 bits per heavy atom. The third-order valence-electron chi connectivity index (χ3n) is 1.58. The zero-order valence-corrected chi connectivity index (χ0v) is 8.82. The highest BCUT2D eigenvalue weighted by atomic mass is 32.2. The molecule has 0 atom stereocenters. The van der Waals surface area contributed by atoms with E-state index in [1.54, 1.807) is 18.4 Å². The van der Waals surface area contributed by atoms with Crippen molar-refractivity contribution in [3.05, 3.63) is 45.6 Å². The van der Waals surface area contributed by atoms with Crippen molar-refractivity contribution in [3.8, 4) is 5.75 Å². The number of hydrogen-bond donors (Lipinski definition) is 2. The Morgan fingerprint density at radius 1 is 1.53 bits per heavy atom. The third kappa shape index (κ3) is 3.90. The molecule has 2 N–H and O–H groups in total. The first-order valence-electron chi connectivity index (χ1n) is 4.07. The number of thioether (sulfide) groups is 1. The fourth-order valence-corrected chi connectivity index (χ4v) is 1.33. The molecule has 1 aromatic rings. The molecule has 15 heavy (non-hydrogen) atoms. The molecule has 0 aliphatic carbocycles. The maximum Gasteiger partial charge on any atom is 0.264 e. The zero-order chi connectivity index (χ0) is 11.3. The fraction of sp³-hybridized carbons (Fsp3) is 0.111. The Balaban J connectivity index is 2.75. The SMILES string of the molecule is CS/C(=C/[N+](=O)[O-])Nc1ccc(O)cc1. The summed E-state index contributed by atoms with van der Waals surface area (Å²) in [6, 6.07) is 6.29. The number of anilines is 1. The van der Waals surface area contributed by atoms with Crippen molar-refractivity contribution in [1.82, 2.24) is 0 Å². The number of nitrogens with zero attached hydrogens (tertiary/aromatic N) is 1. The molecule has 0 unspecified atom stereocenters. The minimum Gasteiger partial charge on any atom is -0.508 e. The summed E-state index contributed by atoms with van der Waals surface area (Å²) in [6.07, 6.45) is 2.64. The molecule has 0 aliphatic heterocycles. The largest absolute Gasteiger partial charge is 0.508 e. The fourth-order valence-electron chi connectivity index (χ4n) is 0.919. The van der Waals surface area contributed by atoms with E-state index in [1.807, 2.05) is 0 Å². The van der Waals surface area contributed by atoms with Crippen LogP contribution in [0.2, 0.25) is 0 Å². The van der Waals surface area contributed by atoms with E-state index in [2.05, 4.69) is 5.32 Å². The minimum absolute atomic E-state index is 0.157. The lowest BCUT2D eigenvalue weighted by molar-refractivity contribution is -0.402. The van der Waals surface area contributed by atoms with Gasteiger partial charge in [0.25, 0.3) is 6.20 Å². The first-order valence-corrected chi connectivity index (χ1v) is 5.29. The number of nitro groups is 1. The molecule has 0 amide bonds. The highest BCUT2D eigenvalue weighted by Gasteiger charge is 2.01. The maximum atomic E-state index is 10.2. The lowest BCUT2D eigenvalue weighted by Gasteiger charge is -2.05. The third-order valence-corrected chi connectivity index (χ3v) is 2.22. The monoisotopic (exact) mass is 226 g/mol. The van der Waals surface area contributed by atoms with Crippen LogP contribution in [-0.2, 0) is 0 Å². The van der Waals surface area contributed by atoms with Crippen molar-refractivity contribution in [1.29, 1.82) is 0 Å². The Bertz CT molecular complexity index is 375. The van der Waals surface area contributed by atoms with Crippen molar-refractivity contribution in [2.45, 2.75) is 0 Å². The van der Waals surface area contributed by atoms with E-state index in [9.17, 15) is 10.1 Å². The highest BCUT2D eigenvalue weighted by Crippen LogP contribution is 2.19. The van der Waals surface area contributed by atoms with E-state index >= 15 is 0 Å². The summed E-state index contributed by atoms with van der Waals surface area (Å²) in [7, 11) is 0. The van der Waals surface area contributed by atoms with Crippen molar-refractivity contribution in [2.75, 3.05) is 11.6 Å². The molecule has 0 saturated carbocycles. The van der Waals surface area contributed by atoms with Gasteiger partial charge in [-0.05, 0) is 30.5 Å². The quantitative estimate of drug-likeness (QED) is 0.468. The topological polar surface area (TPSA) is 75.4 Å². The van der Waals surface area contributed by atoms with Crippen LogP contribution < -0.4 is 5.32 Å². The van der Waals surface area contributed by atoms with Gasteiger partial charge in [-0.3, -0.25) is 10.1 Å². The molecule has 0 spiro atoms. The first kappa shape index (κ1) is 11.4. The van der Waals surface area contributed by atoms with Gasteiger partial charge in [0.15, 0.2) is 0 Å². The molecule has 0 fully saturated rings. The second-order valence-corrected chi connectivity index (χ2v) is 3.50. The number of phenols is 1. The van der Waals surface area contributed by atoms with Crippen LogP contribution in [0.15, 0.2) is 35.5 Å². The minimum atomic E-state index is -0.515. The van der Waals surface area contributed by atoms with Gasteiger partial charge in [0.1, 0.15) is 10.8 Å². The predicted molar refractivity (Wildman–Crippen MR) is 60.3 cm³/mol. The number of aromatic hydroxyl groups is 1. The summed E-state index contributed by atoms with van der Waals surface area (Å²) in [5.74, 6) is 0.157. The van der Waals surface area contributed by atoms with Crippen LogP contribution in [0.5, 0.6) is 5.75 Å². The molecule has 6 heteroatoms. The zero-order valence-electron chi connectivity index (χ0n) is 8.01. The molecule has 1 aromatic carbocycles. The van der Waals surface area contributed by atoms with Crippen molar-refractivity contribution >= 4 is 17.4 Å². The van der Waals surface area contributed by atoms with Crippen molar-refractivity contribution < 1.29 is 10.0 Å². The number of hydrogen-bond acceptors (Lipinski definition) is 5. The van der Waals surface area contributed by atoms with Gasteiger partial charge >= 0.3 is 0 Å². The molecule has 0 bridgehead atoms. The standard InChI is InChI=1S/C9H10N2O3S/c1-15-9(6-11(13)14)10-7-2-4-8(12)5-3-7/h2-6,10,12H,1H3/b9-6+. The van der Waals surface area contributed by atoms with Crippen LogP contribution in [0.1, 0.15) is 0 Å². The predicted octanol–water partition coefficient (Wildman–Crippen LogP) is 2.24. The Labute approximate surface area is 91.0 Å². The van der Waals surface area contributed by atoms with Crippen molar-refractivity contribution in [2.24, 2.45) is 0 Å². The van der Waals surface area contributed by atoms with Crippen LogP contribution in [0.25, 0.3) is 0 Å². The molecular weight excluding hydrogens is 216 g/mol. The van der Waals surface area contributed by atoms with Gasteiger partial charge < -0.3 is 10.4 Å². The van der Waals surface area contributed by atoms with E-state index in [-0.39, 0.29) is 5.75 Å². The average molecular weight is 226 g/mol. The Morgan fingerprint density at radius 3 is 2.60 bits per heavy atom. The summed E-state index contributed by atoms with van der Waals surface area (Å²) in [6.45, 7) is 0. The van der Waals surface area contributed by atoms with Crippen LogP contribution in [0, 0.1) is 10.1 Å². The normalized spacial score (nSPS) is 11.1. The highest BCUT2D eigenvalue weighted by molar-refractivity contribution is 8.02. The van der Waals surface area contributed by atoms with Crippen LogP contribution in [0.4, 0.5) is 5.69 Å². The molecule has 1 rings (SSSR count). The molecule has 80 valence electrons. The smallest absolute Gasteiger partial charge is 0.264 e. The van der Waals surface area contributed by atoms with E-state index < -0.39 is 4.92 Å². The van der Waals surface area contributed by atoms with E-state index in [0.717, 1.165) is 6.20 Å². The number of phenolic OH excluding ortho intramolecular Hbond substituents is 1. The van der Waals surface area contributed by atoms with E-state index in [4.69, 9.17) is 5.11 Å². The molecule has 0 saturated heterocycles. The van der Waals surface area contributed by atoms with E-state index in [1.165, 1.54) is 23.9 Å². The molecule has 0 heterocycles. The molecular formula is C9H10N2O3S. The van der Waals surface area contributed by atoms with Gasteiger partial charge in [0.2, 0.25) is 0 Å². The Kier molecular flexibility index (Phi) is 3.99. The van der Waals surface area contributed by atoms with Crippen LogP contribution in [-0.4, -0.2) is 16.3 Å². The van der Waals surface area contributed by atoms with Gasteiger partial charge in [-0.15, -0.1) is 11.8 Å². The number of benzene rings is 1. The average Bonchev–Trinajstić information content (AvgIpc) is 2.19. The van der Waals surface area contributed by atoms with E-state index in [0.29, 0.717) is 10.7 Å². The molecule has 0 aliphatic rings. The van der Waals surface area contributed by atoms with Gasteiger partial charge in [-0.2, -0.15) is 0 Å². The lowest BCUT2D eigenvalue weighted by Crippen LogP contribution is -1.98.